The third-order valence-corrected chi connectivity index (χ3v) is 4.55. The number of nitrogens with two attached hydrogens (primary N) is 1. The summed E-state index contributed by atoms with van der Waals surface area (Å²) in [6.07, 6.45) is 1.21. The highest BCUT2D eigenvalue weighted by Crippen LogP contribution is 2.37. The van der Waals surface area contributed by atoms with Crippen LogP contribution in [0.25, 0.3) is 0 Å². The van der Waals surface area contributed by atoms with Crippen LogP contribution in [0.2, 0.25) is 0 Å². The average molecular weight is 264 g/mol. The molecule has 1 unspecified atom stereocenters. The van der Waals surface area contributed by atoms with Crippen molar-refractivity contribution in [1.29, 1.82) is 0 Å². The fraction of sp³-hybridized carbons (Fsp3) is 0.600. The van der Waals surface area contributed by atoms with Crippen LogP contribution in [0, 0.1) is 5.92 Å². The Labute approximate surface area is 115 Å². The molecule has 0 amide bonds. The molecule has 1 aromatic carbocycles. The van der Waals surface area contributed by atoms with Crippen LogP contribution in [-0.2, 0) is 6.42 Å². The lowest BCUT2D eigenvalue weighted by molar-refractivity contribution is 0.251. The maximum absolute atomic E-state index is 5.72. The van der Waals surface area contributed by atoms with Crippen LogP contribution in [0.5, 0.6) is 0 Å². The molecule has 2 nitrogen and oxygen atoms in total. The molecule has 1 aliphatic rings. The van der Waals surface area contributed by atoms with E-state index in [0.29, 0.717) is 11.2 Å². The summed E-state index contributed by atoms with van der Waals surface area (Å²) in [7, 11) is 0. The first-order valence-electron chi connectivity index (χ1n) is 6.86. The van der Waals surface area contributed by atoms with Gasteiger partial charge in [-0.25, -0.2) is 0 Å². The maximum Gasteiger partial charge on any atom is 0.0263 e. The number of benzene rings is 1. The van der Waals surface area contributed by atoms with Crippen LogP contribution in [0.1, 0.15) is 19.4 Å². The quantitative estimate of drug-likeness (QED) is 0.856. The zero-order chi connectivity index (χ0) is 13.0. The molecule has 0 saturated heterocycles. The number of nitrogens with zero attached hydrogens (tertiary/aromatic N) is 1. The van der Waals surface area contributed by atoms with Gasteiger partial charge in [0, 0.05) is 36.3 Å². The molecule has 3 heteroatoms. The van der Waals surface area contributed by atoms with Gasteiger partial charge in [-0.1, -0.05) is 32.0 Å². The minimum absolute atomic E-state index is 0.702. The van der Waals surface area contributed by atoms with E-state index in [1.807, 2.05) is 11.8 Å². The topological polar surface area (TPSA) is 29.3 Å². The molecule has 0 fully saturated rings. The standard InChI is InChI=1S/C15H24N2S/c1-12(2)10-17(8-7-16)11-14-9-13-5-3-4-6-15(13)18-14/h3-6,12,14H,7-11,16H2,1-2H3. The Bertz CT molecular complexity index is 354. The van der Waals surface area contributed by atoms with E-state index in [1.165, 1.54) is 16.9 Å². The van der Waals surface area contributed by atoms with E-state index in [4.69, 9.17) is 5.73 Å². The molecule has 1 heterocycles. The lowest BCUT2D eigenvalue weighted by Crippen LogP contribution is -2.37. The SMILES string of the molecule is CC(C)CN(CCN)CC1Cc2ccccc2S1. The second kappa shape index (κ2) is 6.60. The van der Waals surface area contributed by atoms with Gasteiger partial charge in [0.2, 0.25) is 0 Å². The van der Waals surface area contributed by atoms with Crippen molar-refractivity contribution in [2.75, 3.05) is 26.2 Å². The van der Waals surface area contributed by atoms with Crippen molar-refractivity contribution in [1.82, 2.24) is 4.90 Å². The molecular weight excluding hydrogens is 240 g/mol. The molecule has 1 aromatic rings. The number of rotatable bonds is 6. The fourth-order valence-electron chi connectivity index (χ4n) is 2.60. The predicted molar refractivity (Wildman–Crippen MR) is 80.1 cm³/mol. The third kappa shape index (κ3) is 3.74. The molecular formula is C15H24N2S. The maximum atomic E-state index is 5.72. The van der Waals surface area contributed by atoms with Crippen molar-refractivity contribution in [3.8, 4) is 0 Å². The normalized spacial score (nSPS) is 18.6. The van der Waals surface area contributed by atoms with Gasteiger partial charge in [0.15, 0.2) is 0 Å². The minimum atomic E-state index is 0.702. The first-order chi connectivity index (χ1) is 8.69. The van der Waals surface area contributed by atoms with Crippen molar-refractivity contribution < 1.29 is 0 Å². The average Bonchev–Trinajstić information content (AvgIpc) is 2.70. The lowest BCUT2D eigenvalue weighted by atomic mass is 10.1. The van der Waals surface area contributed by atoms with Crippen LogP contribution < -0.4 is 5.73 Å². The van der Waals surface area contributed by atoms with E-state index in [0.717, 1.165) is 26.2 Å². The zero-order valence-electron chi connectivity index (χ0n) is 11.4. The van der Waals surface area contributed by atoms with Crippen molar-refractivity contribution in [3.05, 3.63) is 29.8 Å². The Morgan fingerprint density at radius 3 is 2.83 bits per heavy atom. The van der Waals surface area contributed by atoms with Crippen LogP contribution >= 0.6 is 11.8 Å². The molecule has 0 spiro atoms. The van der Waals surface area contributed by atoms with Crippen LogP contribution in [-0.4, -0.2) is 36.3 Å². The van der Waals surface area contributed by atoms with Gasteiger partial charge in [0.05, 0.1) is 0 Å². The predicted octanol–water partition coefficient (Wildman–Crippen LogP) is 2.62. The van der Waals surface area contributed by atoms with E-state index in [1.54, 1.807) is 0 Å². The van der Waals surface area contributed by atoms with Gasteiger partial charge in [-0.15, -0.1) is 11.8 Å². The summed E-state index contributed by atoms with van der Waals surface area (Å²) in [6.45, 7) is 8.65. The van der Waals surface area contributed by atoms with E-state index in [2.05, 4.69) is 43.0 Å². The molecule has 2 rings (SSSR count). The first-order valence-corrected chi connectivity index (χ1v) is 7.74. The summed E-state index contributed by atoms with van der Waals surface area (Å²) in [6, 6.07) is 8.79. The molecule has 0 radical (unpaired) electrons. The summed E-state index contributed by atoms with van der Waals surface area (Å²) < 4.78 is 0. The lowest BCUT2D eigenvalue weighted by Gasteiger charge is -2.26. The minimum Gasteiger partial charge on any atom is -0.329 e. The molecule has 0 saturated carbocycles. The van der Waals surface area contributed by atoms with E-state index >= 15 is 0 Å². The van der Waals surface area contributed by atoms with Crippen molar-refractivity contribution >= 4 is 11.8 Å². The highest BCUT2D eigenvalue weighted by atomic mass is 32.2. The number of thioether (sulfide) groups is 1. The summed E-state index contributed by atoms with van der Waals surface area (Å²) in [5.74, 6) is 0.713. The molecule has 18 heavy (non-hydrogen) atoms. The molecule has 0 aliphatic carbocycles. The summed E-state index contributed by atoms with van der Waals surface area (Å²) in [4.78, 5) is 3.99. The van der Waals surface area contributed by atoms with Gasteiger partial charge < -0.3 is 10.6 Å². The third-order valence-electron chi connectivity index (χ3n) is 3.24. The largest absolute Gasteiger partial charge is 0.329 e. The number of hydrogen-bond acceptors (Lipinski definition) is 3. The summed E-state index contributed by atoms with van der Waals surface area (Å²) >= 11 is 2.03. The monoisotopic (exact) mass is 264 g/mol. The first kappa shape index (κ1) is 13.9. The highest BCUT2D eigenvalue weighted by molar-refractivity contribution is 8.00. The zero-order valence-corrected chi connectivity index (χ0v) is 12.2. The summed E-state index contributed by atoms with van der Waals surface area (Å²) in [5, 5.41) is 0.702. The van der Waals surface area contributed by atoms with Gasteiger partial charge in [-0.2, -0.15) is 0 Å². The van der Waals surface area contributed by atoms with Crippen LogP contribution in [0.3, 0.4) is 0 Å². The van der Waals surface area contributed by atoms with Gasteiger partial charge in [0.1, 0.15) is 0 Å². The van der Waals surface area contributed by atoms with Gasteiger partial charge in [-0.05, 0) is 24.0 Å². The van der Waals surface area contributed by atoms with E-state index in [9.17, 15) is 0 Å². The van der Waals surface area contributed by atoms with Gasteiger partial charge in [-0.3, -0.25) is 0 Å². The smallest absolute Gasteiger partial charge is 0.0263 e. The Morgan fingerprint density at radius 2 is 2.17 bits per heavy atom. The number of hydrogen-bond donors (Lipinski definition) is 1. The molecule has 100 valence electrons. The molecule has 0 aromatic heterocycles. The van der Waals surface area contributed by atoms with Crippen molar-refractivity contribution in [3.63, 3.8) is 0 Å². The van der Waals surface area contributed by atoms with Gasteiger partial charge in [0.25, 0.3) is 0 Å². The summed E-state index contributed by atoms with van der Waals surface area (Å²) in [5.41, 5.74) is 7.23. The highest BCUT2D eigenvalue weighted by Gasteiger charge is 2.23. The van der Waals surface area contributed by atoms with Crippen LogP contribution in [0.4, 0.5) is 0 Å². The molecule has 2 N–H and O–H groups in total. The second-order valence-electron chi connectivity index (χ2n) is 5.49. The van der Waals surface area contributed by atoms with Crippen LogP contribution in [0.15, 0.2) is 29.2 Å². The van der Waals surface area contributed by atoms with E-state index in [-0.39, 0.29) is 0 Å². The Hall–Kier alpha value is -0.510. The Kier molecular flexibility index (Phi) is 5.10. The molecule has 1 atom stereocenters. The Morgan fingerprint density at radius 1 is 1.39 bits per heavy atom. The molecule has 1 aliphatic heterocycles. The van der Waals surface area contributed by atoms with Crippen molar-refractivity contribution in [2.45, 2.75) is 30.4 Å². The second-order valence-corrected chi connectivity index (χ2v) is 6.84. The molecule has 0 bridgehead atoms. The van der Waals surface area contributed by atoms with Gasteiger partial charge >= 0.3 is 0 Å². The number of fused-ring (bicyclic) bond motifs is 1. The van der Waals surface area contributed by atoms with Crippen molar-refractivity contribution in [2.24, 2.45) is 11.7 Å². The fourth-order valence-corrected chi connectivity index (χ4v) is 3.97. The Balaban J connectivity index is 1.90. The van der Waals surface area contributed by atoms with E-state index < -0.39 is 0 Å².